The molecule has 6 heteroatoms. The SMILES string of the molecule is CCCCCCCOC(=O)C1=C(C)NC(=O)N[C@H]1c1cccc(OCC)c1. The Morgan fingerprint density at radius 2 is 1.93 bits per heavy atom. The maximum atomic E-state index is 12.7. The number of hydrogen-bond donors (Lipinski definition) is 2. The highest BCUT2D eigenvalue weighted by atomic mass is 16.5. The van der Waals surface area contributed by atoms with Crippen molar-refractivity contribution in [3.8, 4) is 5.75 Å². The second-order valence-corrected chi connectivity index (χ2v) is 6.63. The van der Waals surface area contributed by atoms with Gasteiger partial charge in [-0.15, -0.1) is 0 Å². The van der Waals surface area contributed by atoms with Gasteiger partial charge in [0.25, 0.3) is 0 Å². The van der Waals surface area contributed by atoms with Crippen molar-refractivity contribution in [1.29, 1.82) is 0 Å². The second-order valence-electron chi connectivity index (χ2n) is 6.63. The van der Waals surface area contributed by atoms with E-state index in [4.69, 9.17) is 9.47 Å². The standard InChI is InChI=1S/C21H30N2O4/c1-4-6-7-8-9-13-27-20(24)18-15(3)22-21(25)23-19(18)16-11-10-12-17(14-16)26-5-2/h10-12,14,19H,4-9,13H2,1-3H3,(H2,22,23,25)/t19-/m0/s1. The molecule has 1 aliphatic rings. The van der Waals surface area contributed by atoms with Gasteiger partial charge >= 0.3 is 12.0 Å². The third kappa shape index (κ3) is 6.01. The summed E-state index contributed by atoms with van der Waals surface area (Å²) >= 11 is 0. The summed E-state index contributed by atoms with van der Waals surface area (Å²) in [5.41, 5.74) is 1.73. The minimum atomic E-state index is -0.563. The Hall–Kier alpha value is -2.50. The minimum absolute atomic E-state index is 0.338. The van der Waals surface area contributed by atoms with Gasteiger partial charge in [-0.05, 0) is 38.0 Å². The fraction of sp³-hybridized carbons (Fsp3) is 0.524. The van der Waals surface area contributed by atoms with Gasteiger partial charge in [0.1, 0.15) is 5.75 Å². The van der Waals surface area contributed by atoms with Crippen molar-refractivity contribution in [2.75, 3.05) is 13.2 Å². The highest BCUT2D eigenvalue weighted by Crippen LogP contribution is 2.29. The van der Waals surface area contributed by atoms with Crippen LogP contribution >= 0.6 is 0 Å². The van der Waals surface area contributed by atoms with Gasteiger partial charge in [-0.3, -0.25) is 0 Å². The summed E-state index contributed by atoms with van der Waals surface area (Å²) in [5.74, 6) is 0.298. The minimum Gasteiger partial charge on any atom is -0.494 e. The lowest BCUT2D eigenvalue weighted by Crippen LogP contribution is -2.45. The van der Waals surface area contributed by atoms with Crippen LogP contribution in [0.15, 0.2) is 35.5 Å². The lowest BCUT2D eigenvalue weighted by Gasteiger charge is -2.28. The van der Waals surface area contributed by atoms with Crippen LogP contribution in [0.1, 0.15) is 64.5 Å². The predicted molar refractivity (Wildman–Crippen MR) is 104 cm³/mol. The van der Waals surface area contributed by atoms with Crippen molar-refractivity contribution in [1.82, 2.24) is 10.6 Å². The summed E-state index contributed by atoms with van der Waals surface area (Å²) in [6, 6.07) is 6.50. The molecule has 0 bridgehead atoms. The third-order valence-electron chi connectivity index (χ3n) is 4.47. The summed E-state index contributed by atoms with van der Waals surface area (Å²) in [6.45, 7) is 6.73. The van der Waals surface area contributed by atoms with E-state index >= 15 is 0 Å². The molecule has 148 valence electrons. The smallest absolute Gasteiger partial charge is 0.338 e. The maximum Gasteiger partial charge on any atom is 0.338 e. The molecule has 2 amide bonds. The Bertz CT molecular complexity index is 685. The van der Waals surface area contributed by atoms with E-state index in [1.807, 2.05) is 31.2 Å². The average molecular weight is 374 g/mol. The quantitative estimate of drug-likeness (QED) is 0.475. The van der Waals surface area contributed by atoms with Crippen molar-refractivity contribution in [3.63, 3.8) is 0 Å². The molecule has 1 heterocycles. The Kier molecular flexibility index (Phi) is 8.17. The molecule has 0 saturated carbocycles. The van der Waals surface area contributed by atoms with Gasteiger partial charge in [0.2, 0.25) is 0 Å². The van der Waals surface area contributed by atoms with E-state index in [1.54, 1.807) is 6.92 Å². The molecule has 1 atom stereocenters. The molecule has 1 aromatic rings. The number of nitrogens with one attached hydrogen (secondary N) is 2. The number of rotatable bonds is 10. The molecule has 0 unspecified atom stereocenters. The fourth-order valence-corrected chi connectivity index (χ4v) is 3.11. The van der Waals surface area contributed by atoms with Crippen molar-refractivity contribution < 1.29 is 19.1 Å². The number of hydrogen-bond acceptors (Lipinski definition) is 4. The normalized spacial score (nSPS) is 16.6. The van der Waals surface area contributed by atoms with Crippen LogP contribution in [0.25, 0.3) is 0 Å². The van der Waals surface area contributed by atoms with Crippen LogP contribution in [0.2, 0.25) is 0 Å². The van der Waals surface area contributed by atoms with E-state index in [0.29, 0.717) is 30.2 Å². The number of unbranched alkanes of at least 4 members (excludes halogenated alkanes) is 4. The van der Waals surface area contributed by atoms with Crippen molar-refractivity contribution in [2.45, 2.75) is 58.9 Å². The third-order valence-corrected chi connectivity index (χ3v) is 4.47. The largest absolute Gasteiger partial charge is 0.494 e. The number of esters is 1. The first-order valence-corrected chi connectivity index (χ1v) is 9.75. The van der Waals surface area contributed by atoms with Crippen LogP contribution in [0.5, 0.6) is 5.75 Å². The highest BCUT2D eigenvalue weighted by molar-refractivity contribution is 5.95. The molecule has 0 spiro atoms. The zero-order valence-electron chi connectivity index (χ0n) is 16.5. The van der Waals surface area contributed by atoms with Crippen molar-refractivity contribution in [3.05, 3.63) is 41.1 Å². The van der Waals surface area contributed by atoms with E-state index < -0.39 is 12.0 Å². The van der Waals surface area contributed by atoms with Crippen LogP contribution < -0.4 is 15.4 Å². The predicted octanol–water partition coefficient (Wildman–Crippen LogP) is 4.23. The van der Waals surface area contributed by atoms with Gasteiger partial charge in [-0.2, -0.15) is 0 Å². The van der Waals surface area contributed by atoms with Gasteiger partial charge in [0.15, 0.2) is 0 Å². The first kappa shape index (κ1) is 20.8. The van der Waals surface area contributed by atoms with Crippen LogP contribution in [0.4, 0.5) is 4.79 Å². The fourth-order valence-electron chi connectivity index (χ4n) is 3.11. The summed E-state index contributed by atoms with van der Waals surface area (Å²) < 4.78 is 11.0. The number of carbonyl (C=O) groups is 2. The number of urea groups is 1. The first-order valence-electron chi connectivity index (χ1n) is 9.75. The van der Waals surface area contributed by atoms with Gasteiger partial charge < -0.3 is 20.1 Å². The first-order chi connectivity index (χ1) is 13.1. The number of amides is 2. The average Bonchev–Trinajstić information content (AvgIpc) is 2.64. The summed E-state index contributed by atoms with van der Waals surface area (Å²) in [5, 5.41) is 5.48. The molecule has 2 N–H and O–H groups in total. The van der Waals surface area contributed by atoms with Gasteiger partial charge in [0.05, 0.1) is 24.8 Å². The Morgan fingerprint density at radius 3 is 2.67 bits per heavy atom. The van der Waals surface area contributed by atoms with Gasteiger partial charge in [0, 0.05) is 5.70 Å². The second kappa shape index (κ2) is 10.6. The van der Waals surface area contributed by atoms with E-state index in [1.165, 1.54) is 12.8 Å². The van der Waals surface area contributed by atoms with E-state index in [0.717, 1.165) is 24.8 Å². The highest BCUT2D eigenvalue weighted by Gasteiger charge is 2.32. The molecular weight excluding hydrogens is 344 g/mol. The zero-order valence-corrected chi connectivity index (χ0v) is 16.5. The van der Waals surface area contributed by atoms with Crippen LogP contribution in [-0.2, 0) is 9.53 Å². The van der Waals surface area contributed by atoms with Gasteiger partial charge in [-0.25, -0.2) is 9.59 Å². The molecule has 1 aliphatic heterocycles. The number of allylic oxidation sites excluding steroid dienone is 1. The van der Waals surface area contributed by atoms with Crippen LogP contribution in [-0.4, -0.2) is 25.2 Å². The lowest BCUT2D eigenvalue weighted by molar-refractivity contribution is -0.139. The molecule has 0 saturated heterocycles. The van der Waals surface area contributed by atoms with E-state index in [2.05, 4.69) is 17.6 Å². The summed E-state index contributed by atoms with van der Waals surface area (Å²) in [4.78, 5) is 24.7. The molecule has 1 aromatic carbocycles. The van der Waals surface area contributed by atoms with Gasteiger partial charge in [-0.1, -0.05) is 44.7 Å². The monoisotopic (exact) mass is 374 g/mol. The Balaban J connectivity index is 2.10. The molecule has 2 rings (SSSR count). The Morgan fingerprint density at radius 1 is 1.15 bits per heavy atom. The number of benzene rings is 1. The summed E-state index contributed by atoms with van der Waals surface area (Å²) in [6.07, 6.45) is 5.43. The van der Waals surface area contributed by atoms with E-state index in [-0.39, 0.29) is 6.03 Å². The van der Waals surface area contributed by atoms with E-state index in [9.17, 15) is 9.59 Å². The van der Waals surface area contributed by atoms with Crippen molar-refractivity contribution in [2.24, 2.45) is 0 Å². The van der Waals surface area contributed by atoms with Crippen LogP contribution in [0.3, 0.4) is 0 Å². The summed E-state index contributed by atoms with van der Waals surface area (Å²) in [7, 11) is 0. The molecule has 27 heavy (non-hydrogen) atoms. The molecule has 0 aromatic heterocycles. The topological polar surface area (TPSA) is 76.7 Å². The number of carbonyl (C=O) groups excluding carboxylic acids is 2. The van der Waals surface area contributed by atoms with Crippen molar-refractivity contribution >= 4 is 12.0 Å². The molecule has 0 aliphatic carbocycles. The number of ether oxygens (including phenoxy) is 2. The molecule has 0 fully saturated rings. The zero-order chi connectivity index (χ0) is 19.6. The maximum absolute atomic E-state index is 12.7. The lowest BCUT2D eigenvalue weighted by atomic mass is 9.95. The molecule has 6 nitrogen and oxygen atoms in total. The molecular formula is C21H30N2O4. The Labute approximate surface area is 161 Å². The molecule has 0 radical (unpaired) electrons. The van der Waals surface area contributed by atoms with Crippen LogP contribution in [0, 0.1) is 0 Å².